The highest BCUT2D eigenvalue weighted by molar-refractivity contribution is 6.31. The quantitative estimate of drug-likeness (QED) is 0.619. The molecule has 0 saturated heterocycles. The van der Waals surface area contributed by atoms with Gasteiger partial charge in [0.05, 0.1) is 0 Å². The molecule has 3 rings (SSSR count). The summed E-state index contributed by atoms with van der Waals surface area (Å²) in [6, 6.07) is 13.7. The van der Waals surface area contributed by atoms with E-state index < -0.39 is 0 Å². The lowest BCUT2D eigenvalue weighted by Gasteiger charge is -2.16. The smallest absolute Gasteiger partial charge is 0.247 e. The van der Waals surface area contributed by atoms with Crippen molar-refractivity contribution < 1.29 is 4.79 Å². The van der Waals surface area contributed by atoms with Gasteiger partial charge in [0.2, 0.25) is 5.91 Å². The molecule has 0 bridgehead atoms. The molecule has 3 nitrogen and oxygen atoms in total. The van der Waals surface area contributed by atoms with Crippen LogP contribution in [0.4, 0.5) is 5.69 Å². The van der Waals surface area contributed by atoms with E-state index in [1.54, 1.807) is 6.07 Å². The molecule has 130 valence electrons. The van der Waals surface area contributed by atoms with E-state index in [1.165, 1.54) is 5.56 Å². The van der Waals surface area contributed by atoms with Crippen molar-refractivity contribution in [2.75, 3.05) is 5.32 Å². The fourth-order valence-corrected chi connectivity index (χ4v) is 3.10. The standard InChI is InChI=1S/C21H23ClN2O/c1-13(2)16-6-8-20-17(11-16)9-10-24(20)15(4)21(25)23-18-7-5-14(3)19(22)12-18/h5-13,15H,1-4H3,(H,23,25). The average Bonchev–Trinajstić information content (AvgIpc) is 3.00. The number of amides is 1. The molecule has 0 spiro atoms. The highest BCUT2D eigenvalue weighted by atomic mass is 35.5. The third-order valence-corrected chi connectivity index (χ3v) is 5.05. The molecule has 1 unspecified atom stereocenters. The summed E-state index contributed by atoms with van der Waals surface area (Å²) >= 11 is 6.14. The van der Waals surface area contributed by atoms with Gasteiger partial charge in [-0.25, -0.2) is 0 Å². The van der Waals surface area contributed by atoms with Gasteiger partial charge in [-0.15, -0.1) is 0 Å². The van der Waals surface area contributed by atoms with E-state index in [2.05, 4.69) is 43.4 Å². The number of carbonyl (C=O) groups excluding carboxylic acids is 1. The van der Waals surface area contributed by atoms with Gasteiger partial charge in [-0.3, -0.25) is 4.79 Å². The Balaban J connectivity index is 1.84. The van der Waals surface area contributed by atoms with Crippen molar-refractivity contribution in [2.24, 2.45) is 0 Å². The van der Waals surface area contributed by atoms with Crippen LogP contribution >= 0.6 is 11.6 Å². The van der Waals surface area contributed by atoms with E-state index in [4.69, 9.17) is 11.6 Å². The van der Waals surface area contributed by atoms with E-state index in [0.29, 0.717) is 16.6 Å². The molecule has 1 amide bonds. The zero-order chi connectivity index (χ0) is 18.1. The Hall–Kier alpha value is -2.26. The molecule has 1 aromatic heterocycles. The molecule has 2 aromatic carbocycles. The van der Waals surface area contributed by atoms with Gasteiger partial charge in [-0.2, -0.15) is 0 Å². The summed E-state index contributed by atoms with van der Waals surface area (Å²) in [5.74, 6) is 0.421. The zero-order valence-electron chi connectivity index (χ0n) is 15.0. The number of rotatable bonds is 4. The maximum atomic E-state index is 12.7. The van der Waals surface area contributed by atoms with Crippen LogP contribution in [0.5, 0.6) is 0 Å². The summed E-state index contributed by atoms with van der Waals surface area (Å²) in [4.78, 5) is 12.7. The number of hydrogen-bond acceptors (Lipinski definition) is 1. The van der Waals surface area contributed by atoms with Crippen LogP contribution in [0.15, 0.2) is 48.7 Å². The first-order valence-electron chi connectivity index (χ1n) is 8.54. The van der Waals surface area contributed by atoms with Gasteiger partial charge >= 0.3 is 0 Å². The highest BCUT2D eigenvalue weighted by Gasteiger charge is 2.17. The number of fused-ring (bicyclic) bond motifs is 1. The molecule has 0 fully saturated rings. The first-order valence-corrected chi connectivity index (χ1v) is 8.92. The summed E-state index contributed by atoms with van der Waals surface area (Å²) in [7, 11) is 0. The van der Waals surface area contributed by atoms with Crippen LogP contribution in [0.2, 0.25) is 5.02 Å². The number of nitrogens with zero attached hydrogens (tertiary/aromatic N) is 1. The van der Waals surface area contributed by atoms with Crippen LogP contribution in [-0.4, -0.2) is 10.5 Å². The third kappa shape index (κ3) is 3.57. The second-order valence-corrected chi connectivity index (χ2v) is 7.23. The minimum Gasteiger partial charge on any atom is -0.335 e. The van der Waals surface area contributed by atoms with Crippen molar-refractivity contribution >= 4 is 34.1 Å². The summed E-state index contributed by atoms with van der Waals surface area (Å²) in [6.07, 6.45) is 1.97. The van der Waals surface area contributed by atoms with Gasteiger partial charge in [0.25, 0.3) is 0 Å². The van der Waals surface area contributed by atoms with Crippen LogP contribution in [0.3, 0.4) is 0 Å². The zero-order valence-corrected chi connectivity index (χ0v) is 15.8. The van der Waals surface area contributed by atoms with E-state index in [9.17, 15) is 4.79 Å². The summed E-state index contributed by atoms with van der Waals surface area (Å²) < 4.78 is 2.00. The predicted molar refractivity (Wildman–Crippen MR) is 106 cm³/mol. The topological polar surface area (TPSA) is 34.0 Å². The fourth-order valence-electron chi connectivity index (χ4n) is 2.92. The Morgan fingerprint density at radius 2 is 1.84 bits per heavy atom. The first kappa shape index (κ1) is 17.6. The number of benzene rings is 2. The number of halogens is 1. The Morgan fingerprint density at radius 1 is 1.08 bits per heavy atom. The highest BCUT2D eigenvalue weighted by Crippen LogP contribution is 2.26. The van der Waals surface area contributed by atoms with Gasteiger partial charge in [-0.1, -0.05) is 37.6 Å². The summed E-state index contributed by atoms with van der Waals surface area (Å²) in [5, 5.41) is 4.76. The maximum absolute atomic E-state index is 12.7. The lowest BCUT2D eigenvalue weighted by Crippen LogP contribution is -2.23. The molecule has 1 atom stereocenters. The van der Waals surface area contributed by atoms with Crippen molar-refractivity contribution in [1.82, 2.24) is 4.57 Å². The molecule has 3 aromatic rings. The number of carbonyl (C=O) groups is 1. The predicted octanol–water partition coefficient (Wildman–Crippen LogP) is 5.93. The SMILES string of the molecule is Cc1ccc(NC(=O)C(C)n2ccc3cc(C(C)C)ccc32)cc1Cl. The molecule has 4 heteroatoms. The molecule has 1 N–H and O–H groups in total. The Morgan fingerprint density at radius 3 is 2.52 bits per heavy atom. The molecule has 0 saturated carbocycles. The van der Waals surface area contributed by atoms with Gasteiger partial charge in [0.15, 0.2) is 0 Å². The van der Waals surface area contributed by atoms with Gasteiger partial charge in [0.1, 0.15) is 6.04 Å². The molecular formula is C21H23ClN2O. The second-order valence-electron chi connectivity index (χ2n) is 6.83. The van der Waals surface area contributed by atoms with Crippen LogP contribution in [0.25, 0.3) is 10.9 Å². The lowest BCUT2D eigenvalue weighted by molar-refractivity contribution is -0.118. The van der Waals surface area contributed by atoms with Crippen molar-refractivity contribution in [3.05, 3.63) is 64.8 Å². The minimum atomic E-state index is -0.317. The normalized spacial score (nSPS) is 12.6. The molecule has 0 aliphatic rings. The molecule has 1 heterocycles. The van der Waals surface area contributed by atoms with Crippen molar-refractivity contribution in [3.8, 4) is 0 Å². The molecular weight excluding hydrogens is 332 g/mol. The Labute approximate surface area is 153 Å². The van der Waals surface area contributed by atoms with Crippen molar-refractivity contribution in [2.45, 2.75) is 39.7 Å². The molecule has 0 aliphatic carbocycles. The van der Waals surface area contributed by atoms with Crippen LogP contribution in [-0.2, 0) is 4.79 Å². The Kier molecular flexibility index (Phi) is 4.87. The molecule has 0 aliphatic heterocycles. The third-order valence-electron chi connectivity index (χ3n) is 4.65. The van der Waals surface area contributed by atoms with Crippen LogP contribution in [0.1, 0.15) is 43.9 Å². The van der Waals surface area contributed by atoms with Crippen LogP contribution < -0.4 is 5.32 Å². The lowest BCUT2D eigenvalue weighted by atomic mass is 10.0. The number of hydrogen-bond donors (Lipinski definition) is 1. The van der Waals surface area contributed by atoms with Gasteiger partial charge in [-0.05, 0) is 66.6 Å². The van der Waals surface area contributed by atoms with E-state index in [-0.39, 0.29) is 11.9 Å². The average molecular weight is 355 g/mol. The first-order chi connectivity index (χ1) is 11.9. The van der Waals surface area contributed by atoms with Gasteiger partial charge < -0.3 is 9.88 Å². The second kappa shape index (κ2) is 6.93. The Bertz CT molecular complexity index is 927. The minimum absolute atomic E-state index is 0.0645. The van der Waals surface area contributed by atoms with E-state index >= 15 is 0 Å². The van der Waals surface area contributed by atoms with Gasteiger partial charge in [0, 0.05) is 22.4 Å². The number of nitrogens with one attached hydrogen (secondary N) is 1. The molecule has 25 heavy (non-hydrogen) atoms. The molecule has 0 radical (unpaired) electrons. The summed E-state index contributed by atoms with van der Waals surface area (Å²) in [6.45, 7) is 8.21. The number of aromatic nitrogens is 1. The van der Waals surface area contributed by atoms with E-state index in [1.807, 2.05) is 36.7 Å². The number of aryl methyl sites for hydroxylation is 1. The monoisotopic (exact) mass is 354 g/mol. The number of anilines is 1. The largest absolute Gasteiger partial charge is 0.335 e. The van der Waals surface area contributed by atoms with Crippen molar-refractivity contribution in [3.63, 3.8) is 0 Å². The maximum Gasteiger partial charge on any atom is 0.247 e. The van der Waals surface area contributed by atoms with Crippen LogP contribution in [0, 0.1) is 6.92 Å². The van der Waals surface area contributed by atoms with E-state index in [0.717, 1.165) is 16.5 Å². The van der Waals surface area contributed by atoms with Crippen molar-refractivity contribution in [1.29, 1.82) is 0 Å². The summed E-state index contributed by atoms with van der Waals surface area (Å²) in [5.41, 5.74) is 4.07. The fraction of sp³-hybridized carbons (Fsp3) is 0.286.